The second-order valence-corrected chi connectivity index (χ2v) is 9.59. The van der Waals surface area contributed by atoms with Crippen LogP contribution in [0.4, 0.5) is 0 Å². The van der Waals surface area contributed by atoms with E-state index in [2.05, 4.69) is 55.2 Å². The van der Waals surface area contributed by atoms with Crippen molar-refractivity contribution in [2.75, 3.05) is 20.3 Å². The summed E-state index contributed by atoms with van der Waals surface area (Å²) >= 11 is 3.51. The molecule has 2 heterocycles. The molecule has 2 unspecified atom stereocenters. The monoisotopic (exact) mass is 490 g/mol. The third-order valence-electron chi connectivity index (χ3n) is 6.71. The lowest BCUT2D eigenvalue weighted by Crippen LogP contribution is -2.57. The van der Waals surface area contributed by atoms with Crippen molar-refractivity contribution in [3.63, 3.8) is 0 Å². The minimum Gasteiger partial charge on any atom is -0.467 e. The molecule has 2 fully saturated rings. The number of morpholine rings is 1. The van der Waals surface area contributed by atoms with Crippen LogP contribution in [0.2, 0.25) is 0 Å². The Hall–Kier alpha value is -1.77. The van der Waals surface area contributed by atoms with Crippen molar-refractivity contribution in [1.82, 2.24) is 19.7 Å². The molecule has 4 rings (SSSR count). The van der Waals surface area contributed by atoms with Crippen molar-refractivity contribution in [2.45, 2.75) is 63.1 Å². The average Bonchev–Trinajstić information content (AvgIpc) is 3.13. The number of hydrogen-bond donors (Lipinski definition) is 0. The van der Waals surface area contributed by atoms with E-state index in [1.165, 1.54) is 12.7 Å². The van der Waals surface area contributed by atoms with Crippen LogP contribution >= 0.6 is 15.9 Å². The van der Waals surface area contributed by atoms with Gasteiger partial charge < -0.3 is 9.47 Å². The number of carbonyl (C=O) groups is 1. The van der Waals surface area contributed by atoms with E-state index in [4.69, 9.17) is 9.47 Å². The van der Waals surface area contributed by atoms with E-state index in [1.54, 1.807) is 0 Å². The quantitative estimate of drug-likeness (QED) is 0.598. The number of aromatic nitrogens is 3. The van der Waals surface area contributed by atoms with Crippen LogP contribution < -0.4 is 0 Å². The molecule has 1 aromatic heterocycles. The van der Waals surface area contributed by atoms with E-state index in [0.717, 1.165) is 48.2 Å². The lowest BCUT2D eigenvalue weighted by atomic mass is 9.83. The summed E-state index contributed by atoms with van der Waals surface area (Å²) in [4.78, 5) is 19.3. The predicted molar refractivity (Wildman–Crippen MR) is 121 cm³/mol. The molecular formula is C23H31BrN4O3. The van der Waals surface area contributed by atoms with Crippen LogP contribution in [-0.4, -0.2) is 64.1 Å². The first-order chi connectivity index (χ1) is 14.9. The van der Waals surface area contributed by atoms with Crippen molar-refractivity contribution in [3.8, 4) is 0 Å². The van der Waals surface area contributed by atoms with Crippen LogP contribution in [0.25, 0.3) is 0 Å². The summed E-state index contributed by atoms with van der Waals surface area (Å²) in [5.41, 5.74) is 1.28. The molecule has 0 spiro atoms. The summed E-state index contributed by atoms with van der Waals surface area (Å²) in [6.07, 6.45) is 4.68. The molecule has 31 heavy (non-hydrogen) atoms. The molecule has 1 aliphatic carbocycles. The van der Waals surface area contributed by atoms with Gasteiger partial charge in [0.25, 0.3) is 0 Å². The fourth-order valence-electron chi connectivity index (χ4n) is 4.83. The van der Waals surface area contributed by atoms with Gasteiger partial charge in [-0.2, -0.15) is 5.10 Å². The van der Waals surface area contributed by atoms with Gasteiger partial charge in [0.05, 0.1) is 13.7 Å². The Kier molecular flexibility index (Phi) is 7.08. The van der Waals surface area contributed by atoms with Crippen molar-refractivity contribution >= 4 is 21.9 Å². The van der Waals surface area contributed by atoms with Crippen molar-refractivity contribution in [1.29, 1.82) is 0 Å². The summed E-state index contributed by atoms with van der Waals surface area (Å²) in [5, 5.41) is 4.60. The van der Waals surface area contributed by atoms with Crippen molar-refractivity contribution in [2.24, 2.45) is 7.05 Å². The van der Waals surface area contributed by atoms with E-state index in [1.807, 2.05) is 18.7 Å². The maximum atomic E-state index is 12.2. The highest BCUT2D eigenvalue weighted by Gasteiger charge is 2.39. The number of ether oxygens (including phenoxy) is 2. The Morgan fingerprint density at radius 3 is 2.55 bits per heavy atom. The lowest BCUT2D eigenvalue weighted by molar-refractivity contribution is -0.165. The maximum Gasteiger partial charge on any atom is 0.336 e. The number of halogens is 1. The van der Waals surface area contributed by atoms with E-state index >= 15 is 0 Å². The Morgan fingerprint density at radius 2 is 1.94 bits per heavy atom. The number of esters is 1. The third kappa shape index (κ3) is 5.18. The van der Waals surface area contributed by atoms with Gasteiger partial charge in [-0.15, -0.1) is 0 Å². The topological polar surface area (TPSA) is 69.5 Å². The predicted octanol–water partition coefficient (Wildman–Crippen LogP) is 3.40. The lowest BCUT2D eigenvalue weighted by Gasteiger charge is -2.45. The van der Waals surface area contributed by atoms with Gasteiger partial charge in [-0.05, 0) is 56.7 Å². The molecule has 2 aromatic rings. The van der Waals surface area contributed by atoms with Gasteiger partial charge in [0, 0.05) is 36.1 Å². The van der Waals surface area contributed by atoms with Crippen LogP contribution in [0.5, 0.6) is 0 Å². The number of nitrogens with zero attached hydrogens (tertiary/aromatic N) is 4. The van der Waals surface area contributed by atoms with E-state index in [-0.39, 0.29) is 12.0 Å². The normalized spacial score (nSPS) is 27.2. The first-order valence-corrected chi connectivity index (χ1v) is 11.8. The molecule has 1 aliphatic heterocycles. The molecule has 0 amide bonds. The van der Waals surface area contributed by atoms with Crippen LogP contribution in [-0.2, 0) is 27.7 Å². The summed E-state index contributed by atoms with van der Waals surface area (Å²) in [6.45, 7) is 3.12. The summed E-state index contributed by atoms with van der Waals surface area (Å²) in [5.74, 6) is 2.06. The van der Waals surface area contributed by atoms with E-state index < -0.39 is 6.10 Å². The largest absolute Gasteiger partial charge is 0.467 e. The number of aryl methyl sites for hydroxylation is 2. The zero-order valence-corrected chi connectivity index (χ0v) is 20.0. The molecule has 0 radical (unpaired) electrons. The molecule has 2 atom stereocenters. The van der Waals surface area contributed by atoms with Gasteiger partial charge in [-0.1, -0.05) is 28.1 Å². The molecule has 0 N–H and O–H groups in total. The first-order valence-electron chi connectivity index (χ1n) is 11.0. The highest BCUT2D eigenvalue weighted by molar-refractivity contribution is 9.10. The van der Waals surface area contributed by atoms with Gasteiger partial charge in [0.1, 0.15) is 5.82 Å². The average molecular weight is 491 g/mol. The van der Waals surface area contributed by atoms with Crippen LogP contribution in [0, 0.1) is 6.92 Å². The van der Waals surface area contributed by atoms with Gasteiger partial charge >= 0.3 is 5.97 Å². The van der Waals surface area contributed by atoms with Gasteiger partial charge in [0.2, 0.25) is 0 Å². The van der Waals surface area contributed by atoms with Crippen molar-refractivity contribution in [3.05, 3.63) is 46.0 Å². The number of hydrogen-bond acceptors (Lipinski definition) is 6. The molecule has 168 valence electrons. The van der Waals surface area contributed by atoms with Crippen LogP contribution in [0.1, 0.15) is 48.8 Å². The summed E-state index contributed by atoms with van der Waals surface area (Å²) in [6, 6.07) is 9.14. The zero-order chi connectivity index (χ0) is 22.0. The molecule has 7 nitrogen and oxygen atoms in total. The fourth-order valence-corrected chi connectivity index (χ4v) is 5.10. The minimum atomic E-state index is -0.510. The number of methoxy groups -OCH3 is 1. The molecular weight excluding hydrogens is 460 g/mol. The van der Waals surface area contributed by atoms with Crippen LogP contribution in [0.3, 0.4) is 0 Å². The Morgan fingerprint density at radius 1 is 1.23 bits per heavy atom. The third-order valence-corrected chi connectivity index (χ3v) is 7.24. The number of rotatable bonds is 5. The summed E-state index contributed by atoms with van der Waals surface area (Å²) in [7, 11) is 3.38. The molecule has 1 aromatic carbocycles. The molecule has 1 saturated carbocycles. The number of carbonyl (C=O) groups excluding carboxylic acids is 1. The second-order valence-electron chi connectivity index (χ2n) is 8.67. The first kappa shape index (κ1) is 22.4. The highest BCUT2D eigenvalue weighted by atomic mass is 79.9. The zero-order valence-electron chi connectivity index (χ0n) is 18.5. The summed E-state index contributed by atoms with van der Waals surface area (Å²) < 4.78 is 13.8. The van der Waals surface area contributed by atoms with Gasteiger partial charge in [-0.3, -0.25) is 9.58 Å². The molecule has 2 aliphatic rings. The minimum absolute atomic E-state index is 0.249. The molecule has 0 bridgehead atoms. The smallest absolute Gasteiger partial charge is 0.336 e. The Labute approximate surface area is 192 Å². The highest BCUT2D eigenvalue weighted by Crippen LogP contribution is 2.35. The number of benzene rings is 1. The Bertz CT molecular complexity index is 873. The van der Waals surface area contributed by atoms with Gasteiger partial charge in [-0.25, -0.2) is 9.78 Å². The van der Waals surface area contributed by atoms with E-state index in [0.29, 0.717) is 25.1 Å². The maximum absolute atomic E-state index is 12.2. The molecule has 1 saturated heterocycles. The molecule has 8 heteroatoms. The van der Waals surface area contributed by atoms with Gasteiger partial charge in [0.15, 0.2) is 11.9 Å². The van der Waals surface area contributed by atoms with E-state index in [9.17, 15) is 4.79 Å². The standard InChI is InChI=1S/C23H31BrN4O3/c1-15-25-22(26-27(15)2)17-6-10-19(11-7-17)28-13-21(23(29)30-3)31-14-20(28)12-16-4-8-18(24)9-5-16/h4-5,8-9,17,19-21H,6-7,10-14H2,1-3H3. The fraction of sp³-hybridized carbons (Fsp3) is 0.609. The Balaban J connectivity index is 1.45. The van der Waals surface area contributed by atoms with Crippen molar-refractivity contribution < 1.29 is 14.3 Å². The van der Waals surface area contributed by atoms with Crippen LogP contribution in [0.15, 0.2) is 28.7 Å². The SMILES string of the molecule is COC(=O)C1CN(C2CCC(c3nc(C)n(C)n3)CC2)C(Cc2ccc(Br)cc2)CO1. The second kappa shape index (κ2) is 9.79.